The SMILES string of the molecule is COc1nc(C)ccc1N(C)C. The van der Waals surface area contributed by atoms with Crippen molar-refractivity contribution < 1.29 is 4.74 Å². The predicted molar refractivity (Wildman–Crippen MR) is 49.9 cm³/mol. The molecule has 0 bridgehead atoms. The van der Waals surface area contributed by atoms with Gasteiger partial charge < -0.3 is 9.64 Å². The lowest BCUT2D eigenvalue weighted by molar-refractivity contribution is 0.397. The average molecular weight is 166 g/mol. The average Bonchev–Trinajstić information content (AvgIpc) is 2.03. The van der Waals surface area contributed by atoms with Crippen molar-refractivity contribution in [1.82, 2.24) is 4.98 Å². The molecule has 0 aliphatic rings. The number of anilines is 1. The summed E-state index contributed by atoms with van der Waals surface area (Å²) >= 11 is 0. The maximum Gasteiger partial charge on any atom is 0.237 e. The number of hydrogen-bond donors (Lipinski definition) is 0. The molecule has 0 radical (unpaired) electrons. The molecule has 0 saturated carbocycles. The van der Waals surface area contributed by atoms with Crippen LogP contribution in [0.4, 0.5) is 5.69 Å². The molecular weight excluding hydrogens is 152 g/mol. The summed E-state index contributed by atoms with van der Waals surface area (Å²) < 4.78 is 5.13. The van der Waals surface area contributed by atoms with Crippen LogP contribution < -0.4 is 9.64 Å². The molecule has 3 nitrogen and oxygen atoms in total. The van der Waals surface area contributed by atoms with E-state index in [0.29, 0.717) is 5.88 Å². The predicted octanol–water partition coefficient (Wildman–Crippen LogP) is 1.46. The highest BCUT2D eigenvalue weighted by Crippen LogP contribution is 2.23. The lowest BCUT2D eigenvalue weighted by Gasteiger charge is -2.15. The van der Waals surface area contributed by atoms with Crippen LogP contribution in [0.25, 0.3) is 0 Å². The van der Waals surface area contributed by atoms with Gasteiger partial charge in [-0.1, -0.05) is 0 Å². The van der Waals surface area contributed by atoms with Gasteiger partial charge in [0.1, 0.15) is 0 Å². The van der Waals surface area contributed by atoms with E-state index in [1.807, 2.05) is 38.1 Å². The van der Waals surface area contributed by atoms with Gasteiger partial charge in [-0.15, -0.1) is 0 Å². The molecule has 0 saturated heterocycles. The zero-order valence-corrected chi connectivity index (χ0v) is 7.96. The van der Waals surface area contributed by atoms with Crippen LogP contribution in [0, 0.1) is 6.92 Å². The molecule has 0 unspecified atom stereocenters. The smallest absolute Gasteiger partial charge is 0.237 e. The molecule has 0 fully saturated rings. The number of pyridine rings is 1. The summed E-state index contributed by atoms with van der Waals surface area (Å²) in [7, 11) is 5.57. The molecule has 0 spiro atoms. The van der Waals surface area contributed by atoms with E-state index in [1.54, 1.807) is 7.11 Å². The van der Waals surface area contributed by atoms with Crippen molar-refractivity contribution in [3.05, 3.63) is 17.8 Å². The fourth-order valence-electron chi connectivity index (χ4n) is 1.02. The molecule has 66 valence electrons. The molecule has 0 N–H and O–H groups in total. The lowest BCUT2D eigenvalue weighted by atomic mass is 10.3. The first-order valence-electron chi connectivity index (χ1n) is 3.84. The van der Waals surface area contributed by atoms with Crippen LogP contribution in [0.1, 0.15) is 5.69 Å². The molecule has 1 aromatic rings. The van der Waals surface area contributed by atoms with E-state index in [4.69, 9.17) is 4.74 Å². The summed E-state index contributed by atoms with van der Waals surface area (Å²) in [5, 5.41) is 0. The zero-order valence-electron chi connectivity index (χ0n) is 7.96. The van der Waals surface area contributed by atoms with Gasteiger partial charge in [-0.2, -0.15) is 0 Å². The van der Waals surface area contributed by atoms with Gasteiger partial charge in [0.05, 0.1) is 12.8 Å². The monoisotopic (exact) mass is 166 g/mol. The normalized spacial score (nSPS) is 9.67. The number of methoxy groups -OCH3 is 1. The van der Waals surface area contributed by atoms with Gasteiger partial charge in [-0.3, -0.25) is 0 Å². The summed E-state index contributed by atoms with van der Waals surface area (Å²) in [5.74, 6) is 0.681. The standard InChI is InChI=1S/C9H14N2O/c1-7-5-6-8(11(2)3)9(10-7)12-4/h5-6H,1-4H3. The topological polar surface area (TPSA) is 25.4 Å². The van der Waals surface area contributed by atoms with Crippen LogP contribution in [0.15, 0.2) is 12.1 Å². The Bertz CT molecular complexity index is 271. The molecule has 0 amide bonds. The molecular formula is C9H14N2O. The third kappa shape index (κ3) is 1.67. The Morgan fingerprint density at radius 3 is 2.50 bits per heavy atom. The van der Waals surface area contributed by atoms with E-state index in [2.05, 4.69) is 4.98 Å². The second-order valence-electron chi connectivity index (χ2n) is 2.88. The lowest BCUT2D eigenvalue weighted by Crippen LogP contribution is -2.11. The molecule has 0 aromatic carbocycles. The van der Waals surface area contributed by atoms with Crippen LogP contribution in [-0.2, 0) is 0 Å². The van der Waals surface area contributed by atoms with Crippen LogP contribution in [-0.4, -0.2) is 26.2 Å². The molecule has 0 aliphatic heterocycles. The molecule has 1 heterocycles. The first-order valence-corrected chi connectivity index (χ1v) is 3.84. The van der Waals surface area contributed by atoms with E-state index in [-0.39, 0.29) is 0 Å². The summed E-state index contributed by atoms with van der Waals surface area (Å²) in [6.45, 7) is 1.95. The van der Waals surface area contributed by atoms with Crippen molar-refractivity contribution in [2.75, 3.05) is 26.1 Å². The zero-order chi connectivity index (χ0) is 9.14. The molecule has 1 rings (SSSR count). The fraction of sp³-hybridized carbons (Fsp3) is 0.444. The third-order valence-corrected chi connectivity index (χ3v) is 1.65. The van der Waals surface area contributed by atoms with Gasteiger partial charge >= 0.3 is 0 Å². The maximum absolute atomic E-state index is 5.13. The van der Waals surface area contributed by atoms with Gasteiger partial charge in [0, 0.05) is 19.8 Å². The number of hydrogen-bond acceptors (Lipinski definition) is 3. The van der Waals surface area contributed by atoms with Crippen molar-refractivity contribution in [2.45, 2.75) is 6.92 Å². The molecule has 0 atom stereocenters. The quantitative estimate of drug-likeness (QED) is 0.665. The number of aromatic nitrogens is 1. The first-order chi connectivity index (χ1) is 5.65. The van der Waals surface area contributed by atoms with E-state index >= 15 is 0 Å². The summed E-state index contributed by atoms with van der Waals surface area (Å²) in [4.78, 5) is 6.23. The minimum atomic E-state index is 0.681. The maximum atomic E-state index is 5.13. The number of rotatable bonds is 2. The van der Waals surface area contributed by atoms with Crippen molar-refractivity contribution in [2.24, 2.45) is 0 Å². The second kappa shape index (κ2) is 3.43. The Labute approximate surface area is 73.0 Å². The van der Waals surface area contributed by atoms with Crippen molar-refractivity contribution in [1.29, 1.82) is 0 Å². The highest BCUT2D eigenvalue weighted by molar-refractivity contribution is 5.54. The Hall–Kier alpha value is -1.25. The molecule has 1 aromatic heterocycles. The number of aryl methyl sites for hydroxylation is 1. The van der Waals surface area contributed by atoms with Crippen LogP contribution in [0.2, 0.25) is 0 Å². The largest absolute Gasteiger partial charge is 0.480 e. The van der Waals surface area contributed by atoms with Gasteiger partial charge in [0.25, 0.3) is 0 Å². The van der Waals surface area contributed by atoms with Crippen molar-refractivity contribution in [3.63, 3.8) is 0 Å². The van der Waals surface area contributed by atoms with Gasteiger partial charge in [0.2, 0.25) is 5.88 Å². The van der Waals surface area contributed by atoms with E-state index in [0.717, 1.165) is 11.4 Å². The molecule has 3 heteroatoms. The second-order valence-corrected chi connectivity index (χ2v) is 2.88. The number of nitrogens with zero attached hydrogens (tertiary/aromatic N) is 2. The third-order valence-electron chi connectivity index (χ3n) is 1.65. The van der Waals surface area contributed by atoms with Crippen molar-refractivity contribution >= 4 is 5.69 Å². The summed E-state index contributed by atoms with van der Waals surface area (Å²) in [5.41, 5.74) is 1.97. The molecule has 0 aliphatic carbocycles. The highest BCUT2D eigenvalue weighted by Gasteiger charge is 2.05. The van der Waals surface area contributed by atoms with Crippen molar-refractivity contribution in [3.8, 4) is 5.88 Å². The fourth-order valence-corrected chi connectivity index (χ4v) is 1.02. The van der Waals surface area contributed by atoms with E-state index in [9.17, 15) is 0 Å². The minimum Gasteiger partial charge on any atom is -0.480 e. The Balaban J connectivity index is 3.11. The number of ether oxygens (including phenoxy) is 1. The summed E-state index contributed by atoms with van der Waals surface area (Å²) in [6.07, 6.45) is 0. The van der Waals surface area contributed by atoms with Gasteiger partial charge in [-0.25, -0.2) is 4.98 Å². The van der Waals surface area contributed by atoms with E-state index < -0.39 is 0 Å². The first kappa shape index (κ1) is 8.84. The van der Waals surface area contributed by atoms with Crippen LogP contribution >= 0.6 is 0 Å². The van der Waals surface area contributed by atoms with Gasteiger partial charge in [0.15, 0.2) is 0 Å². The Morgan fingerprint density at radius 1 is 1.33 bits per heavy atom. The van der Waals surface area contributed by atoms with Gasteiger partial charge in [-0.05, 0) is 19.1 Å². The molecule has 12 heavy (non-hydrogen) atoms. The Kier molecular flexibility index (Phi) is 2.53. The highest BCUT2D eigenvalue weighted by atomic mass is 16.5. The van der Waals surface area contributed by atoms with E-state index in [1.165, 1.54) is 0 Å². The minimum absolute atomic E-state index is 0.681. The van der Waals surface area contributed by atoms with Crippen LogP contribution in [0.5, 0.6) is 5.88 Å². The Morgan fingerprint density at radius 2 is 2.00 bits per heavy atom. The van der Waals surface area contributed by atoms with Crippen LogP contribution in [0.3, 0.4) is 0 Å². The summed E-state index contributed by atoms with van der Waals surface area (Å²) in [6, 6.07) is 3.97.